The fourth-order valence-corrected chi connectivity index (χ4v) is 2.92. The van der Waals surface area contributed by atoms with Gasteiger partial charge < -0.3 is 9.47 Å². The Bertz CT molecular complexity index is 437. The molecule has 0 atom stereocenters. The molecule has 1 aliphatic rings. The molecule has 1 aromatic carbocycles. The zero-order valence-corrected chi connectivity index (χ0v) is 13.7. The number of aryl methyl sites for hydroxylation is 1. The summed E-state index contributed by atoms with van der Waals surface area (Å²) >= 11 is 4.54. The molecule has 2 nitrogen and oxygen atoms in total. The maximum atomic E-state index is 6.16. The van der Waals surface area contributed by atoms with E-state index in [0.29, 0.717) is 5.92 Å². The summed E-state index contributed by atoms with van der Waals surface area (Å²) in [6.45, 7) is 8.92. The standard InChI is InChI=1S/C17H26O2S/c1-13(2)15-5-4-14(3)16(10-15)19-11-17(12-20)6-8-18-9-7-17/h4-5,10,13,20H,6-9,11-12H2,1-3H3. The molecule has 0 saturated carbocycles. The van der Waals surface area contributed by atoms with E-state index in [4.69, 9.17) is 9.47 Å². The number of ether oxygens (including phenoxy) is 2. The van der Waals surface area contributed by atoms with E-state index in [2.05, 4.69) is 51.6 Å². The quantitative estimate of drug-likeness (QED) is 0.820. The fourth-order valence-electron chi connectivity index (χ4n) is 2.51. The summed E-state index contributed by atoms with van der Waals surface area (Å²) in [6.07, 6.45) is 2.08. The number of rotatable bonds is 5. The lowest BCUT2D eigenvalue weighted by molar-refractivity contribution is 0.00298. The maximum absolute atomic E-state index is 6.16. The number of hydrogen-bond donors (Lipinski definition) is 1. The molecule has 3 heteroatoms. The molecule has 0 aromatic heterocycles. The lowest BCUT2D eigenvalue weighted by Gasteiger charge is -2.35. The Kier molecular flexibility index (Phi) is 5.39. The van der Waals surface area contributed by atoms with E-state index in [0.717, 1.165) is 44.2 Å². The van der Waals surface area contributed by atoms with Gasteiger partial charge in [-0.3, -0.25) is 0 Å². The van der Waals surface area contributed by atoms with Crippen LogP contribution >= 0.6 is 12.6 Å². The Morgan fingerprint density at radius 2 is 2.00 bits per heavy atom. The van der Waals surface area contributed by atoms with E-state index in [1.807, 2.05) is 0 Å². The Morgan fingerprint density at radius 3 is 2.60 bits per heavy atom. The van der Waals surface area contributed by atoms with Gasteiger partial charge in [0.15, 0.2) is 0 Å². The van der Waals surface area contributed by atoms with Gasteiger partial charge in [0.1, 0.15) is 5.75 Å². The zero-order chi connectivity index (χ0) is 14.6. The van der Waals surface area contributed by atoms with Crippen molar-refractivity contribution in [2.24, 2.45) is 5.41 Å². The first-order chi connectivity index (χ1) is 9.56. The third kappa shape index (κ3) is 3.70. The summed E-state index contributed by atoms with van der Waals surface area (Å²) in [4.78, 5) is 0. The molecule has 112 valence electrons. The molecule has 0 aliphatic carbocycles. The van der Waals surface area contributed by atoms with Gasteiger partial charge in [-0.1, -0.05) is 26.0 Å². The first-order valence-electron chi connectivity index (χ1n) is 7.48. The molecule has 0 N–H and O–H groups in total. The van der Waals surface area contributed by atoms with Crippen LogP contribution in [0.5, 0.6) is 5.75 Å². The lowest BCUT2D eigenvalue weighted by atomic mass is 9.83. The van der Waals surface area contributed by atoms with E-state index in [-0.39, 0.29) is 5.41 Å². The molecule has 1 aliphatic heterocycles. The Morgan fingerprint density at radius 1 is 1.30 bits per heavy atom. The zero-order valence-electron chi connectivity index (χ0n) is 12.8. The van der Waals surface area contributed by atoms with Crippen LogP contribution in [0, 0.1) is 12.3 Å². The van der Waals surface area contributed by atoms with E-state index in [1.54, 1.807) is 0 Å². The van der Waals surface area contributed by atoms with Crippen molar-refractivity contribution in [3.63, 3.8) is 0 Å². The molecule has 1 heterocycles. The molecule has 0 unspecified atom stereocenters. The fraction of sp³-hybridized carbons (Fsp3) is 0.647. The normalized spacial score (nSPS) is 18.2. The second-order valence-electron chi connectivity index (χ2n) is 6.24. The second-order valence-corrected chi connectivity index (χ2v) is 6.56. The largest absolute Gasteiger partial charge is 0.493 e. The minimum Gasteiger partial charge on any atom is -0.493 e. The van der Waals surface area contributed by atoms with E-state index in [1.165, 1.54) is 11.1 Å². The van der Waals surface area contributed by atoms with Crippen LogP contribution in [-0.2, 0) is 4.74 Å². The van der Waals surface area contributed by atoms with Crippen LogP contribution < -0.4 is 4.74 Å². The van der Waals surface area contributed by atoms with Crippen molar-refractivity contribution in [1.82, 2.24) is 0 Å². The monoisotopic (exact) mass is 294 g/mol. The molecule has 1 fully saturated rings. The minimum absolute atomic E-state index is 0.168. The predicted octanol–water partition coefficient (Wildman–Crippen LogP) is 4.22. The highest BCUT2D eigenvalue weighted by Gasteiger charge is 2.32. The molecule has 2 rings (SSSR count). The Labute approximate surface area is 128 Å². The molecule has 1 saturated heterocycles. The number of benzene rings is 1. The summed E-state index contributed by atoms with van der Waals surface area (Å²) in [5.74, 6) is 2.41. The van der Waals surface area contributed by atoms with Gasteiger partial charge in [-0.25, -0.2) is 0 Å². The van der Waals surface area contributed by atoms with Crippen molar-refractivity contribution in [1.29, 1.82) is 0 Å². The van der Waals surface area contributed by atoms with Gasteiger partial charge in [0.2, 0.25) is 0 Å². The predicted molar refractivity (Wildman–Crippen MR) is 87.1 cm³/mol. The summed E-state index contributed by atoms with van der Waals surface area (Å²) < 4.78 is 11.6. The molecular formula is C17H26O2S. The van der Waals surface area contributed by atoms with Gasteiger partial charge in [-0.15, -0.1) is 0 Å². The second kappa shape index (κ2) is 6.86. The van der Waals surface area contributed by atoms with Crippen LogP contribution in [0.2, 0.25) is 0 Å². The highest BCUT2D eigenvalue weighted by molar-refractivity contribution is 7.80. The smallest absolute Gasteiger partial charge is 0.122 e. The molecule has 0 radical (unpaired) electrons. The van der Waals surface area contributed by atoms with E-state index >= 15 is 0 Å². The summed E-state index contributed by atoms with van der Waals surface area (Å²) in [5.41, 5.74) is 2.70. The average molecular weight is 294 g/mol. The van der Waals surface area contributed by atoms with Crippen molar-refractivity contribution < 1.29 is 9.47 Å². The van der Waals surface area contributed by atoms with Crippen LogP contribution in [0.1, 0.15) is 43.7 Å². The number of thiol groups is 1. The van der Waals surface area contributed by atoms with Crippen LogP contribution in [0.25, 0.3) is 0 Å². The maximum Gasteiger partial charge on any atom is 0.122 e. The molecular weight excluding hydrogens is 268 g/mol. The van der Waals surface area contributed by atoms with Crippen LogP contribution in [-0.4, -0.2) is 25.6 Å². The van der Waals surface area contributed by atoms with Crippen molar-refractivity contribution in [2.45, 2.75) is 39.5 Å². The van der Waals surface area contributed by atoms with Crippen molar-refractivity contribution in [2.75, 3.05) is 25.6 Å². The average Bonchev–Trinajstić information content (AvgIpc) is 2.47. The Balaban J connectivity index is 2.07. The number of hydrogen-bond acceptors (Lipinski definition) is 3. The van der Waals surface area contributed by atoms with Gasteiger partial charge >= 0.3 is 0 Å². The van der Waals surface area contributed by atoms with Gasteiger partial charge in [0.05, 0.1) is 6.61 Å². The summed E-state index contributed by atoms with van der Waals surface area (Å²) in [5, 5.41) is 0. The molecule has 0 bridgehead atoms. The van der Waals surface area contributed by atoms with Crippen molar-refractivity contribution in [3.8, 4) is 5.75 Å². The van der Waals surface area contributed by atoms with Crippen molar-refractivity contribution >= 4 is 12.6 Å². The first-order valence-corrected chi connectivity index (χ1v) is 8.11. The minimum atomic E-state index is 0.168. The molecule has 0 amide bonds. The lowest BCUT2D eigenvalue weighted by Crippen LogP contribution is -2.37. The van der Waals surface area contributed by atoms with Crippen molar-refractivity contribution in [3.05, 3.63) is 29.3 Å². The molecule has 0 spiro atoms. The van der Waals surface area contributed by atoms with Crippen LogP contribution in [0.4, 0.5) is 0 Å². The molecule has 20 heavy (non-hydrogen) atoms. The first kappa shape index (κ1) is 15.7. The SMILES string of the molecule is Cc1ccc(C(C)C)cc1OCC1(CS)CCOCC1. The summed E-state index contributed by atoms with van der Waals surface area (Å²) in [7, 11) is 0. The highest BCUT2D eigenvalue weighted by atomic mass is 32.1. The van der Waals surface area contributed by atoms with Gasteiger partial charge in [0, 0.05) is 18.6 Å². The third-order valence-electron chi connectivity index (χ3n) is 4.30. The highest BCUT2D eigenvalue weighted by Crippen LogP contribution is 2.33. The van der Waals surface area contributed by atoms with Gasteiger partial charge in [0.25, 0.3) is 0 Å². The summed E-state index contributed by atoms with van der Waals surface area (Å²) in [6, 6.07) is 6.53. The topological polar surface area (TPSA) is 18.5 Å². The van der Waals surface area contributed by atoms with Crippen LogP contribution in [0.15, 0.2) is 18.2 Å². The third-order valence-corrected chi connectivity index (χ3v) is 4.97. The van der Waals surface area contributed by atoms with E-state index < -0.39 is 0 Å². The van der Waals surface area contributed by atoms with Gasteiger partial charge in [-0.2, -0.15) is 12.6 Å². The van der Waals surface area contributed by atoms with Crippen LogP contribution in [0.3, 0.4) is 0 Å². The molecule has 1 aromatic rings. The van der Waals surface area contributed by atoms with Gasteiger partial charge in [-0.05, 0) is 48.6 Å². The Hall–Kier alpha value is -0.670. The van der Waals surface area contributed by atoms with E-state index in [9.17, 15) is 0 Å².